The van der Waals surface area contributed by atoms with E-state index in [4.69, 9.17) is 4.98 Å². The van der Waals surface area contributed by atoms with E-state index in [1.807, 2.05) is 31.2 Å². The van der Waals surface area contributed by atoms with Gasteiger partial charge in [-0.25, -0.2) is 4.98 Å². The molecule has 1 aliphatic heterocycles. The van der Waals surface area contributed by atoms with E-state index in [2.05, 4.69) is 36.4 Å². The highest BCUT2D eigenvalue weighted by Crippen LogP contribution is 2.34. The van der Waals surface area contributed by atoms with Crippen molar-refractivity contribution in [2.75, 3.05) is 5.32 Å². The highest BCUT2D eigenvalue weighted by atomic mass is 16.2. The van der Waals surface area contributed by atoms with Crippen molar-refractivity contribution < 1.29 is 4.79 Å². The molecule has 30 heavy (non-hydrogen) atoms. The number of amides is 1. The minimum atomic E-state index is -0.228. The van der Waals surface area contributed by atoms with E-state index in [0.29, 0.717) is 34.9 Å². The number of hydrogen-bond donors (Lipinski definition) is 3. The Morgan fingerprint density at radius 2 is 1.97 bits per heavy atom. The summed E-state index contributed by atoms with van der Waals surface area (Å²) in [6, 6.07) is 7.47. The molecule has 2 aromatic heterocycles. The number of anilines is 1. The largest absolute Gasteiger partial charge is 0.356 e. The summed E-state index contributed by atoms with van der Waals surface area (Å²) in [4.78, 5) is 33.9. The number of para-hydroxylation sites is 1. The van der Waals surface area contributed by atoms with Crippen molar-refractivity contribution in [2.24, 2.45) is 5.92 Å². The summed E-state index contributed by atoms with van der Waals surface area (Å²) in [6.07, 6.45) is 2.32. The smallest absolute Gasteiger partial charge is 0.262 e. The molecule has 7 nitrogen and oxygen atoms in total. The molecule has 1 fully saturated rings. The number of fused-ring (bicyclic) bond motifs is 2. The fourth-order valence-electron chi connectivity index (χ4n) is 4.11. The summed E-state index contributed by atoms with van der Waals surface area (Å²) in [6.45, 7) is 8.83. The molecule has 3 aromatic rings. The zero-order valence-electron chi connectivity index (χ0n) is 17.8. The molecule has 1 aliphatic carbocycles. The summed E-state index contributed by atoms with van der Waals surface area (Å²) in [5.41, 5.74) is 3.57. The van der Waals surface area contributed by atoms with E-state index in [-0.39, 0.29) is 23.0 Å². The molecule has 3 N–H and O–H groups in total. The Labute approximate surface area is 174 Å². The third-order valence-electron chi connectivity index (χ3n) is 5.77. The molecule has 156 valence electrons. The first-order valence-electron chi connectivity index (χ1n) is 10.6. The lowest BCUT2D eigenvalue weighted by atomic mass is 10.1. The van der Waals surface area contributed by atoms with Gasteiger partial charge < -0.3 is 15.6 Å². The van der Waals surface area contributed by atoms with E-state index in [0.717, 1.165) is 29.8 Å². The standard InChI is InChI=1S/C23H27N5O2/c1-12-18-16(20(29)24-12)10-17(25-18)14-6-5-7-15-19(14)26-22(27-23(2,3)4)28(21(15)30)11-13-8-9-13/h5-7,10,12-13,25H,8-9,11H2,1-4H3,(H,24,29)(H,26,27)/t12-/m1/s1. The number of nitrogens with zero attached hydrogens (tertiary/aromatic N) is 2. The normalized spacial score (nSPS) is 18.5. The highest BCUT2D eigenvalue weighted by Gasteiger charge is 2.29. The van der Waals surface area contributed by atoms with Crippen LogP contribution in [0.4, 0.5) is 5.95 Å². The molecular weight excluding hydrogens is 378 g/mol. The van der Waals surface area contributed by atoms with Crippen LogP contribution in [-0.4, -0.2) is 26.0 Å². The van der Waals surface area contributed by atoms with Crippen LogP contribution in [0, 0.1) is 5.92 Å². The molecule has 5 rings (SSSR count). The Morgan fingerprint density at radius 1 is 1.20 bits per heavy atom. The minimum Gasteiger partial charge on any atom is -0.356 e. The first-order chi connectivity index (χ1) is 14.2. The van der Waals surface area contributed by atoms with Crippen molar-refractivity contribution >= 4 is 22.8 Å². The SMILES string of the molecule is C[C@H]1NC(=O)c2cc(-c3cccc4c(=O)n(CC5CC5)c(NC(C)(C)C)nc34)[nH]c21. The second kappa shape index (κ2) is 6.45. The number of H-pyrrole nitrogens is 1. The van der Waals surface area contributed by atoms with Gasteiger partial charge in [0.1, 0.15) is 0 Å². The van der Waals surface area contributed by atoms with Crippen molar-refractivity contribution in [3.05, 3.63) is 45.9 Å². The molecule has 0 saturated heterocycles. The van der Waals surface area contributed by atoms with Gasteiger partial charge in [-0.2, -0.15) is 0 Å². The summed E-state index contributed by atoms with van der Waals surface area (Å²) >= 11 is 0. The van der Waals surface area contributed by atoms with E-state index in [1.54, 1.807) is 4.57 Å². The molecule has 2 aliphatic rings. The Bertz CT molecular complexity index is 1230. The number of nitrogens with one attached hydrogen (secondary N) is 3. The lowest BCUT2D eigenvalue weighted by Gasteiger charge is -2.24. The number of aromatic nitrogens is 3. The maximum absolute atomic E-state index is 13.4. The molecular formula is C23H27N5O2. The molecule has 0 radical (unpaired) electrons. The average Bonchev–Trinajstić information content (AvgIpc) is 3.30. The van der Waals surface area contributed by atoms with Gasteiger partial charge in [-0.15, -0.1) is 0 Å². The van der Waals surface area contributed by atoms with Crippen LogP contribution in [-0.2, 0) is 6.54 Å². The molecule has 1 atom stereocenters. The van der Waals surface area contributed by atoms with Crippen LogP contribution >= 0.6 is 0 Å². The summed E-state index contributed by atoms with van der Waals surface area (Å²) in [7, 11) is 0. The zero-order valence-corrected chi connectivity index (χ0v) is 17.8. The van der Waals surface area contributed by atoms with Crippen LogP contribution in [0.1, 0.15) is 62.6 Å². The van der Waals surface area contributed by atoms with Crippen LogP contribution in [0.2, 0.25) is 0 Å². The second-order valence-corrected chi connectivity index (χ2v) is 9.58. The van der Waals surface area contributed by atoms with Gasteiger partial charge in [0.25, 0.3) is 11.5 Å². The number of carbonyl (C=O) groups is 1. The van der Waals surface area contributed by atoms with Gasteiger partial charge in [-0.1, -0.05) is 12.1 Å². The molecule has 7 heteroatoms. The second-order valence-electron chi connectivity index (χ2n) is 9.58. The van der Waals surface area contributed by atoms with E-state index >= 15 is 0 Å². The summed E-state index contributed by atoms with van der Waals surface area (Å²) in [5, 5.41) is 6.93. The van der Waals surface area contributed by atoms with Crippen LogP contribution in [0.5, 0.6) is 0 Å². The van der Waals surface area contributed by atoms with Gasteiger partial charge in [-0.05, 0) is 58.6 Å². The number of aromatic amines is 1. The first-order valence-corrected chi connectivity index (χ1v) is 10.6. The van der Waals surface area contributed by atoms with E-state index < -0.39 is 0 Å². The zero-order chi connectivity index (χ0) is 21.2. The van der Waals surface area contributed by atoms with Gasteiger partial charge in [0.15, 0.2) is 0 Å². The Morgan fingerprint density at radius 3 is 2.63 bits per heavy atom. The quantitative estimate of drug-likeness (QED) is 0.615. The lowest BCUT2D eigenvalue weighted by molar-refractivity contribution is 0.0958. The van der Waals surface area contributed by atoms with Crippen molar-refractivity contribution in [3.63, 3.8) is 0 Å². The molecule has 0 bridgehead atoms. The lowest BCUT2D eigenvalue weighted by Crippen LogP contribution is -2.33. The van der Waals surface area contributed by atoms with Crippen LogP contribution in [0.3, 0.4) is 0 Å². The summed E-state index contributed by atoms with van der Waals surface area (Å²) in [5.74, 6) is 1.08. The van der Waals surface area contributed by atoms with Gasteiger partial charge in [-0.3, -0.25) is 14.2 Å². The number of carbonyl (C=O) groups excluding carboxylic acids is 1. The predicted octanol–water partition coefficient (Wildman–Crippen LogP) is 3.82. The molecule has 3 heterocycles. The Balaban J connectivity index is 1.71. The van der Waals surface area contributed by atoms with Crippen molar-refractivity contribution in [1.29, 1.82) is 0 Å². The van der Waals surface area contributed by atoms with E-state index in [9.17, 15) is 9.59 Å². The number of benzene rings is 1. The highest BCUT2D eigenvalue weighted by molar-refractivity contribution is 6.01. The molecule has 1 aromatic carbocycles. The molecule has 1 saturated carbocycles. The summed E-state index contributed by atoms with van der Waals surface area (Å²) < 4.78 is 1.79. The third-order valence-corrected chi connectivity index (χ3v) is 5.77. The van der Waals surface area contributed by atoms with E-state index in [1.165, 1.54) is 0 Å². The minimum absolute atomic E-state index is 0.0225. The maximum Gasteiger partial charge on any atom is 0.262 e. The maximum atomic E-state index is 13.4. The fourth-order valence-corrected chi connectivity index (χ4v) is 4.11. The van der Waals surface area contributed by atoms with Gasteiger partial charge in [0.2, 0.25) is 5.95 Å². The van der Waals surface area contributed by atoms with Gasteiger partial charge in [0.05, 0.1) is 28.2 Å². The van der Waals surface area contributed by atoms with Crippen molar-refractivity contribution in [1.82, 2.24) is 19.9 Å². The third kappa shape index (κ3) is 3.18. The molecule has 0 spiro atoms. The van der Waals surface area contributed by atoms with Crippen LogP contribution < -0.4 is 16.2 Å². The number of hydrogen-bond acceptors (Lipinski definition) is 4. The van der Waals surface area contributed by atoms with Crippen molar-refractivity contribution in [3.8, 4) is 11.3 Å². The molecule has 1 amide bonds. The van der Waals surface area contributed by atoms with Crippen LogP contribution in [0.25, 0.3) is 22.2 Å². The van der Waals surface area contributed by atoms with Gasteiger partial charge >= 0.3 is 0 Å². The van der Waals surface area contributed by atoms with Gasteiger partial charge in [0, 0.05) is 23.3 Å². The first kappa shape index (κ1) is 18.9. The van der Waals surface area contributed by atoms with Crippen molar-refractivity contribution in [2.45, 2.75) is 58.7 Å². The number of rotatable bonds is 4. The topological polar surface area (TPSA) is 91.8 Å². The van der Waals surface area contributed by atoms with Crippen LogP contribution in [0.15, 0.2) is 29.1 Å². The Kier molecular flexibility index (Phi) is 4.07. The average molecular weight is 406 g/mol. The Hall–Kier alpha value is -3.09. The fraction of sp³-hybridized carbons (Fsp3) is 0.435. The monoisotopic (exact) mass is 405 g/mol. The predicted molar refractivity (Wildman–Crippen MR) is 118 cm³/mol. The molecule has 0 unspecified atom stereocenters.